The molecule has 0 bridgehead atoms. The third-order valence-electron chi connectivity index (χ3n) is 3.63. The van der Waals surface area contributed by atoms with E-state index in [0.717, 1.165) is 22.4 Å². The molecule has 1 unspecified atom stereocenters. The molecule has 2 rings (SSSR count). The Morgan fingerprint density at radius 1 is 1.39 bits per heavy atom. The maximum Gasteiger partial charge on any atom is 0.244 e. The highest BCUT2D eigenvalue weighted by atomic mass is 32.1. The van der Waals surface area contributed by atoms with E-state index in [0.29, 0.717) is 0 Å². The van der Waals surface area contributed by atoms with Crippen molar-refractivity contribution in [3.8, 4) is 5.75 Å². The molecule has 0 aliphatic heterocycles. The zero-order valence-corrected chi connectivity index (χ0v) is 14.3. The van der Waals surface area contributed by atoms with Crippen LogP contribution in [0.25, 0.3) is 5.57 Å². The molecule has 1 atom stereocenters. The zero-order valence-electron chi connectivity index (χ0n) is 13.5. The van der Waals surface area contributed by atoms with Crippen molar-refractivity contribution >= 4 is 22.8 Å². The second-order valence-electron chi connectivity index (χ2n) is 5.53. The molecule has 4 nitrogen and oxygen atoms in total. The standard InChI is InChI=1S/C18H21NO3S/c1-13(15-6-4-5-7-16(15)22-3)10-17(20)19-12-18(2,21)14-8-9-23-11-14/h4-11,21H,12H2,1-3H3,(H,19,20). The van der Waals surface area contributed by atoms with Crippen molar-refractivity contribution in [2.24, 2.45) is 0 Å². The Labute approximate surface area is 140 Å². The number of amides is 1. The molecule has 1 heterocycles. The van der Waals surface area contributed by atoms with Gasteiger partial charge < -0.3 is 15.2 Å². The lowest BCUT2D eigenvalue weighted by atomic mass is 9.99. The van der Waals surface area contributed by atoms with Crippen LogP contribution in [-0.4, -0.2) is 24.7 Å². The van der Waals surface area contributed by atoms with Crippen LogP contribution in [0.3, 0.4) is 0 Å². The zero-order chi connectivity index (χ0) is 16.9. The third kappa shape index (κ3) is 4.43. The molecule has 2 aromatic rings. The van der Waals surface area contributed by atoms with Gasteiger partial charge in [-0.3, -0.25) is 4.79 Å². The summed E-state index contributed by atoms with van der Waals surface area (Å²) in [4.78, 5) is 12.1. The number of carbonyl (C=O) groups excluding carboxylic acids is 1. The van der Waals surface area contributed by atoms with Crippen LogP contribution in [0, 0.1) is 0 Å². The average molecular weight is 331 g/mol. The highest BCUT2D eigenvalue weighted by molar-refractivity contribution is 7.08. The van der Waals surface area contributed by atoms with E-state index in [1.807, 2.05) is 48.0 Å². The summed E-state index contributed by atoms with van der Waals surface area (Å²) in [5.41, 5.74) is 1.39. The first-order valence-corrected chi connectivity index (χ1v) is 8.23. The van der Waals surface area contributed by atoms with Crippen LogP contribution >= 0.6 is 11.3 Å². The number of thiophene rings is 1. The Hall–Kier alpha value is -2.11. The maximum atomic E-state index is 12.1. The fourth-order valence-electron chi connectivity index (χ4n) is 2.23. The number of hydrogen-bond donors (Lipinski definition) is 2. The number of methoxy groups -OCH3 is 1. The first-order chi connectivity index (χ1) is 10.9. The largest absolute Gasteiger partial charge is 0.496 e. The maximum absolute atomic E-state index is 12.1. The van der Waals surface area contributed by atoms with Gasteiger partial charge in [0.15, 0.2) is 0 Å². The number of nitrogens with one attached hydrogen (secondary N) is 1. The van der Waals surface area contributed by atoms with Gasteiger partial charge in [-0.05, 0) is 47.9 Å². The molecule has 2 N–H and O–H groups in total. The number of para-hydroxylation sites is 1. The Morgan fingerprint density at radius 2 is 2.13 bits per heavy atom. The van der Waals surface area contributed by atoms with E-state index in [-0.39, 0.29) is 12.5 Å². The van der Waals surface area contributed by atoms with Crippen molar-refractivity contribution in [3.63, 3.8) is 0 Å². The molecule has 122 valence electrons. The summed E-state index contributed by atoms with van der Waals surface area (Å²) < 4.78 is 5.30. The van der Waals surface area contributed by atoms with E-state index >= 15 is 0 Å². The van der Waals surface area contributed by atoms with E-state index in [1.54, 1.807) is 14.0 Å². The second kappa shape index (κ2) is 7.44. The summed E-state index contributed by atoms with van der Waals surface area (Å²) in [6.07, 6.45) is 1.52. The first kappa shape index (κ1) is 17.2. The predicted molar refractivity (Wildman–Crippen MR) is 93.5 cm³/mol. The molecule has 0 fully saturated rings. The van der Waals surface area contributed by atoms with Crippen LogP contribution in [0.4, 0.5) is 0 Å². The number of carbonyl (C=O) groups is 1. The van der Waals surface area contributed by atoms with Crippen molar-refractivity contribution in [3.05, 3.63) is 58.3 Å². The Kier molecular flexibility index (Phi) is 5.58. The average Bonchev–Trinajstić information content (AvgIpc) is 3.08. The normalized spacial score (nSPS) is 14.2. The fourth-order valence-corrected chi connectivity index (χ4v) is 3.01. The number of rotatable bonds is 6. The van der Waals surface area contributed by atoms with Crippen LogP contribution < -0.4 is 10.1 Å². The van der Waals surface area contributed by atoms with Gasteiger partial charge in [-0.25, -0.2) is 0 Å². The molecule has 1 amide bonds. The molecule has 23 heavy (non-hydrogen) atoms. The second-order valence-corrected chi connectivity index (χ2v) is 6.31. The molecule has 1 aromatic carbocycles. The lowest BCUT2D eigenvalue weighted by Crippen LogP contribution is -2.37. The fraction of sp³-hybridized carbons (Fsp3) is 0.278. The van der Waals surface area contributed by atoms with E-state index in [9.17, 15) is 9.90 Å². The number of benzene rings is 1. The Balaban J connectivity index is 2.04. The number of hydrogen-bond acceptors (Lipinski definition) is 4. The molecule has 0 aliphatic rings. The quantitative estimate of drug-likeness (QED) is 0.799. The van der Waals surface area contributed by atoms with Gasteiger partial charge in [0.2, 0.25) is 5.91 Å². The van der Waals surface area contributed by atoms with Crippen LogP contribution in [0.5, 0.6) is 5.75 Å². The lowest BCUT2D eigenvalue weighted by Gasteiger charge is -2.22. The van der Waals surface area contributed by atoms with Crippen molar-refractivity contribution < 1.29 is 14.6 Å². The van der Waals surface area contributed by atoms with Crippen LogP contribution in [0.1, 0.15) is 25.0 Å². The molecular formula is C18H21NO3S. The summed E-state index contributed by atoms with van der Waals surface area (Å²) in [5, 5.41) is 16.9. The molecule has 0 saturated heterocycles. The minimum atomic E-state index is -1.08. The van der Waals surface area contributed by atoms with Crippen LogP contribution in [-0.2, 0) is 10.4 Å². The van der Waals surface area contributed by atoms with Gasteiger partial charge in [-0.15, -0.1) is 0 Å². The monoisotopic (exact) mass is 331 g/mol. The van der Waals surface area contributed by atoms with Crippen LogP contribution in [0.15, 0.2) is 47.2 Å². The SMILES string of the molecule is COc1ccccc1C(C)=CC(=O)NCC(C)(O)c1ccsc1. The van der Waals surface area contributed by atoms with Gasteiger partial charge in [0, 0.05) is 11.6 Å². The van der Waals surface area contributed by atoms with Gasteiger partial charge in [-0.2, -0.15) is 11.3 Å². The summed E-state index contributed by atoms with van der Waals surface area (Å²) in [5.74, 6) is 0.475. The predicted octanol–water partition coefficient (Wildman–Crippen LogP) is 3.18. The van der Waals surface area contributed by atoms with E-state index < -0.39 is 5.60 Å². The van der Waals surface area contributed by atoms with Gasteiger partial charge >= 0.3 is 0 Å². The summed E-state index contributed by atoms with van der Waals surface area (Å²) >= 11 is 1.51. The van der Waals surface area contributed by atoms with Gasteiger partial charge in [0.25, 0.3) is 0 Å². The Bertz CT molecular complexity index is 690. The molecule has 0 spiro atoms. The third-order valence-corrected chi connectivity index (χ3v) is 4.31. The van der Waals surface area contributed by atoms with Crippen molar-refractivity contribution in [2.75, 3.05) is 13.7 Å². The number of aliphatic hydroxyl groups is 1. The number of allylic oxidation sites excluding steroid dienone is 1. The summed E-state index contributed by atoms with van der Waals surface area (Å²) in [6, 6.07) is 9.39. The van der Waals surface area contributed by atoms with Crippen molar-refractivity contribution in [1.29, 1.82) is 0 Å². The molecule has 1 aromatic heterocycles. The minimum Gasteiger partial charge on any atom is -0.496 e. The summed E-state index contributed by atoms with van der Waals surface area (Å²) in [7, 11) is 1.60. The molecule has 0 aliphatic carbocycles. The molecule has 0 radical (unpaired) electrons. The van der Waals surface area contributed by atoms with E-state index in [1.165, 1.54) is 17.4 Å². The lowest BCUT2D eigenvalue weighted by molar-refractivity contribution is -0.117. The van der Waals surface area contributed by atoms with Gasteiger partial charge in [0.05, 0.1) is 13.7 Å². The van der Waals surface area contributed by atoms with Gasteiger partial charge in [0.1, 0.15) is 11.4 Å². The molecule has 0 saturated carbocycles. The van der Waals surface area contributed by atoms with Crippen molar-refractivity contribution in [2.45, 2.75) is 19.4 Å². The highest BCUT2D eigenvalue weighted by Gasteiger charge is 2.23. The summed E-state index contributed by atoms with van der Waals surface area (Å²) in [6.45, 7) is 3.69. The first-order valence-electron chi connectivity index (χ1n) is 7.28. The van der Waals surface area contributed by atoms with Crippen LogP contribution in [0.2, 0.25) is 0 Å². The molecular weight excluding hydrogens is 310 g/mol. The van der Waals surface area contributed by atoms with Crippen molar-refractivity contribution in [1.82, 2.24) is 5.32 Å². The van der Waals surface area contributed by atoms with Gasteiger partial charge in [-0.1, -0.05) is 18.2 Å². The molecule has 5 heteroatoms. The van der Waals surface area contributed by atoms with E-state index in [4.69, 9.17) is 4.74 Å². The van der Waals surface area contributed by atoms with E-state index in [2.05, 4.69) is 5.32 Å². The number of ether oxygens (including phenoxy) is 1. The smallest absolute Gasteiger partial charge is 0.244 e. The Morgan fingerprint density at radius 3 is 2.78 bits per heavy atom. The highest BCUT2D eigenvalue weighted by Crippen LogP contribution is 2.25. The topological polar surface area (TPSA) is 58.6 Å². The minimum absolute atomic E-state index is 0.151.